The Hall–Kier alpha value is -2.32. The molecule has 0 aromatic heterocycles. The molecular weight excluding hydrogens is 390 g/mol. The second kappa shape index (κ2) is 14.6. The number of carbonyl (C=O) groups is 4. The molecule has 0 aromatic rings. The van der Waals surface area contributed by atoms with E-state index in [1.807, 2.05) is 34.6 Å². The first kappa shape index (κ1) is 27.7. The molecule has 3 N–H and O–H groups in total. The summed E-state index contributed by atoms with van der Waals surface area (Å²) in [4.78, 5) is 48.1. The van der Waals surface area contributed by atoms with Crippen LogP contribution in [0, 0.1) is 17.8 Å². The molecule has 0 saturated heterocycles. The zero-order valence-electron chi connectivity index (χ0n) is 19.4. The van der Waals surface area contributed by atoms with Crippen molar-refractivity contribution in [2.24, 2.45) is 17.8 Å². The lowest BCUT2D eigenvalue weighted by Gasteiger charge is -2.23. The highest BCUT2D eigenvalue weighted by Gasteiger charge is 2.25. The third-order valence-corrected chi connectivity index (χ3v) is 4.64. The molecule has 0 spiro atoms. The van der Waals surface area contributed by atoms with E-state index in [2.05, 4.69) is 16.0 Å². The Morgan fingerprint density at radius 1 is 0.933 bits per heavy atom. The van der Waals surface area contributed by atoms with E-state index in [9.17, 15) is 19.2 Å². The first-order valence-corrected chi connectivity index (χ1v) is 10.6. The van der Waals surface area contributed by atoms with Gasteiger partial charge >= 0.3 is 12.1 Å². The van der Waals surface area contributed by atoms with Crippen LogP contribution < -0.4 is 16.0 Å². The van der Waals surface area contributed by atoms with Crippen LogP contribution in [0.1, 0.15) is 60.8 Å². The van der Waals surface area contributed by atoms with Crippen LogP contribution in [0.4, 0.5) is 4.79 Å². The second-order valence-electron chi connectivity index (χ2n) is 8.18. The largest absolute Gasteiger partial charge is 0.467 e. The first-order chi connectivity index (χ1) is 14.0. The normalized spacial score (nSPS) is 13.9. The van der Waals surface area contributed by atoms with Crippen LogP contribution in [-0.4, -0.2) is 56.2 Å². The molecule has 0 saturated carbocycles. The molecule has 0 aromatic carbocycles. The number of methoxy groups -OCH3 is 1. The van der Waals surface area contributed by atoms with Crippen LogP contribution >= 0.6 is 0 Å². The molecule has 0 radical (unpaired) electrons. The van der Waals surface area contributed by atoms with Crippen molar-refractivity contribution in [2.75, 3.05) is 20.3 Å². The summed E-state index contributed by atoms with van der Waals surface area (Å²) in [6.07, 6.45) is 1.12. The number of ether oxygens (including phenoxy) is 2. The van der Waals surface area contributed by atoms with E-state index in [4.69, 9.17) is 9.47 Å². The van der Waals surface area contributed by atoms with Crippen LogP contribution in [0.2, 0.25) is 0 Å². The highest BCUT2D eigenvalue weighted by atomic mass is 16.5. The number of esters is 1. The SMILES string of the molecule is CCOC(=O)N[C@@H](C)CCC(C(=O)NCC(=O)N[C@@H](CC(C)C)C(=O)OC)C(C)C. The van der Waals surface area contributed by atoms with Gasteiger partial charge in [-0.3, -0.25) is 9.59 Å². The van der Waals surface area contributed by atoms with E-state index < -0.39 is 24.0 Å². The van der Waals surface area contributed by atoms with E-state index in [0.717, 1.165) is 0 Å². The molecule has 0 fully saturated rings. The lowest BCUT2D eigenvalue weighted by atomic mass is 9.89. The molecule has 3 amide bonds. The van der Waals surface area contributed by atoms with Crippen molar-refractivity contribution in [3.05, 3.63) is 0 Å². The van der Waals surface area contributed by atoms with Gasteiger partial charge in [0.2, 0.25) is 11.8 Å². The molecule has 1 unspecified atom stereocenters. The van der Waals surface area contributed by atoms with Gasteiger partial charge in [0.05, 0.1) is 20.3 Å². The van der Waals surface area contributed by atoms with Crippen LogP contribution in [0.5, 0.6) is 0 Å². The summed E-state index contributed by atoms with van der Waals surface area (Å²) < 4.78 is 9.58. The van der Waals surface area contributed by atoms with Gasteiger partial charge in [0, 0.05) is 12.0 Å². The Kier molecular flexibility index (Phi) is 13.5. The Bertz CT molecular complexity index is 565. The Morgan fingerprint density at radius 2 is 1.57 bits per heavy atom. The maximum Gasteiger partial charge on any atom is 0.407 e. The minimum atomic E-state index is -0.741. The number of nitrogens with one attached hydrogen (secondary N) is 3. The number of alkyl carbamates (subject to hydrolysis) is 1. The predicted octanol–water partition coefficient (Wildman–Crippen LogP) is 1.99. The fourth-order valence-corrected chi connectivity index (χ4v) is 3.01. The third-order valence-electron chi connectivity index (χ3n) is 4.64. The van der Waals surface area contributed by atoms with Crippen LogP contribution in [0.3, 0.4) is 0 Å². The Morgan fingerprint density at radius 3 is 2.07 bits per heavy atom. The van der Waals surface area contributed by atoms with Gasteiger partial charge in [-0.1, -0.05) is 27.7 Å². The first-order valence-electron chi connectivity index (χ1n) is 10.6. The van der Waals surface area contributed by atoms with Gasteiger partial charge in [-0.2, -0.15) is 0 Å². The van der Waals surface area contributed by atoms with E-state index >= 15 is 0 Å². The van der Waals surface area contributed by atoms with E-state index in [-0.39, 0.29) is 36.2 Å². The van der Waals surface area contributed by atoms with Gasteiger partial charge in [0.15, 0.2) is 0 Å². The maximum absolute atomic E-state index is 12.6. The van der Waals surface area contributed by atoms with E-state index in [0.29, 0.717) is 25.9 Å². The minimum Gasteiger partial charge on any atom is -0.467 e. The number of carbonyl (C=O) groups excluding carboxylic acids is 4. The number of hydrogen-bond acceptors (Lipinski definition) is 6. The van der Waals surface area contributed by atoms with Crippen molar-refractivity contribution in [1.82, 2.24) is 16.0 Å². The number of amides is 3. The minimum absolute atomic E-state index is 0.0617. The van der Waals surface area contributed by atoms with Crippen molar-refractivity contribution >= 4 is 23.9 Å². The van der Waals surface area contributed by atoms with Crippen molar-refractivity contribution in [2.45, 2.75) is 72.9 Å². The van der Waals surface area contributed by atoms with Crippen molar-refractivity contribution in [1.29, 1.82) is 0 Å². The fourth-order valence-electron chi connectivity index (χ4n) is 3.01. The van der Waals surface area contributed by atoms with Gasteiger partial charge in [0.1, 0.15) is 6.04 Å². The van der Waals surface area contributed by atoms with Gasteiger partial charge in [-0.05, 0) is 44.9 Å². The molecule has 0 heterocycles. The lowest BCUT2D eigenvalue weighted by Crippen LogP contribution is -2.47. The average molecular weight is 430 g/mol. The fraction of sp³-hybridized carbons (Fsp3) is 0.810. The van der Waals surface area contributed by atoms with Gasteiger partial charge < -0.3 is 25.4 Å². The van der Waals surface area contributed by atoms with Gasteiger partial charge in [-0.25, -0.2) is 9.59 Å². The zero-order valence-corrected chi connectivity index (χ0v) is 19.4. The molecule has 30 heavy (non-hydrogen) atoms. The van der Waals surface area contributed by atoms with Crippen molar-refractivity contribution < 1.29 is 28.7 Å². The molecule has 3 atom stereocenters. The molecule has 0 rings (SSSR count). The zero-order chi connectivity index (χ0) is 23.3. The topological polar surface area (TPSA) is 123 Å². The summed E-state index contributed by atoms with van der Waals surface area (Å²) in [6.45, 7) is 11.4. The average Bonchev–Trinajstić information content (AvgIpc) is 2.64. The molecule has 0 aliphatic carbocycles. The standard InChI is InChI=1S/C21H39N3O6/c1-8-30-21(28)23-15(6)9-10-16(14(4)5)19(26)22-12-18(25)24-17(11-13(2)3)20(27)29-7/h13-17H,8-12H2,1-7H3,(H,22,26)(H,23,28)(H,24,25)/t15-,16?,17-/m0/s1. The summed E-state index contributed by atoms with van der Waals surface area (Å²) in [5.41, 5.74) is 0. The quantitative estimate of drug-likeness (QED) is 0.385. The lowest BCUT2D eigenvalue weighted by molar-refractivity contribution is -0.145. The molecule has 0 aliphatic heterocycles. The summed E-state index contributed by atoms with van der Waals surface area (Å²) in [5.74, 6) is -1.24. The molecule has 9 nitrogen and oxygen atoms in total. The third kappa shape index (κ3) is 11.6. The van der Waals surface area contributed by atoms with Crippen molar-refractivity contribution in [3.63, 3.8) is 0 Å². The highest BCUT2D eigenvalue weighted by molar-refractivity contribution is 5.88. The molecule has 0 aliphatic rings. The Labute approximate surface area is 180 Å². The Balaban J connectivity index is 4.64. The summed E-state index contributed by atoms with van der Waals surface area (Å²) in [7, 11) is 1.27. The number of rotatable bonds is 13. The number of hydrogen-bond donors (Lipinski definition) is 3. The van der Waals surface area contributed by atoms with Crippen molar-refractivity contribution in [3.8, 4) is 0 Å². The predicted molar refractivity (Wildman–Crippen MR) is 114 cm³/mol. The molecular formula is C21H39N3O6. The molecule has 9 heteroatoms. The monoisotopic (exact) mass is 429 g/mol. The van der Waals surface area contributed by atoms with Crippen LogP contribution in [0.25, 0.3) is 0 Å². The smallest absolute Gasteiger partial charge is 0.407 e. The van der Waals surface area contributed by atoms with Gasteiger partial charge in [-0.15, -0.1) is 0 Å². The maximum atomic E-state index is 12.6. The highest BCUT2D eigenvalue weighted by Crippen LogP contribution is 2.18. The summed E-state index contributed by atoms with van der Waals surface area (Å²) >= 11 is 0. The molecule has 174 valence electrons. The van der Waals surface area contributed by atoms with E-state index in [1.54, 1.807) is 6.92 Å². The van der Waals surface area contributed by atoms with E-state index in [1.165, 1.54) is 7.11 Å². The van der Waals surface area contributed by atoms with Crippen LogP contribution in [-0.2, 0) is 23.9 Å². The summed E-state index contributed by atoms with van der Waals surface area (Å²) in [6, 6.07) is -0.881. The second-order valence-corrected chi connectivity index (χ2v) is 8.18. The molecule has 0 bridgehead atoms. The van der Waals surface area contributed by atoms with Crippen LogP contribution in [0.15, 0.2) is 0 Å². The summed E-state index contributed by atoms with van der Waals surface area (Å²) in [5, 5.41) is 7.98. The van der Waals surface area contributed by atoms with Gasteiger partial charge in [0.25, 0.3) is 0 Å².